The molecule has 0 bridgehead atoms. The molecule has 2 heterocycles. The normalized spacial score (nSPS) is 28.9. The average molecular weight is 256 g/mol. The maximum Gasteiger partial charge on any atom is 0.409 e. The van der Waals surface area contributed by atoms with E-state index in [1.54, 1.807) is 11.8 Å². The average Bonchev–Trinajstić information content (AvgIpc) is 2.67. The SMILES string of the molecule is CCOC(=O)N1CCC2(CC1)C/C(=N/O)C(C)O2. The van der Waals surface area contributed by atoms with Crippen molar-refractivity contribution in [2.45, 2.75) is 44.8 Å². The second-order valence-corrected chi connectivity index (χ2v) is 4.90. The Kier molecular flexibility index (Phi) is 3.75. The number of nitrogens with zero attached hydrogens (tertiary/aromatic N) is 2. The van der Waals surface area contributed by atoms with Gasteiger partial charge in [0.25, 0.3) is 0 Å². The molecule has 2 rings (SSSR count). The molecule has 2 aliphatic heterocycles. The van der Waals surface area contributed by atoms with Gasteiger partial charge >= 0.3 is 6.09 Å². The summed E-state index contributed by atoms with van der Waals surface area (Å²) in [4.78, 5) is 13.3. The van der Waals surface area contributed by atoms with Crippen LogP contribution >= 0.6 is 0 Å². The van der Waals surface area contributed by atoms with Crippen molar-refractivity contribution < 1.29 is 19.5 Å². The van der Waals surface area contributed by atoms with Crippen molar-refractivity contribution in [3.63, 3.8) is 0 Å². The Morgan fingerprint density at radius 1 is 1.61 bits per heavy atom. The van der Waals surface area contributed by atoms with E-state index >= 15 is 0 Å². The number of hydrogen-bond acceptors (Lipinski definition) is 5. The van der Waals surface area contributed by atoms with Crippen LogP contribution in [0.3, 0.4) is 0 Å². The van der Waals surface area contributed by atoms with E-state index in [1.807, 2.05) is 6.92 Å². The quantitative estimate of drug-likeness (QED) is 0.571. The summed E-state index contributed by atoms with van der Waals surface area (Å²) in [6.45, 7) is 5.35. The number of likely N-dealkylation sites (tertiary alicyclic amines) is 1. The Labute approximate surface area is 107 Å². The van der Waals surface area contributed by atoms with Crippen LogP contribution in [0, 0.1) is 0 Å². The van der Waals surface area contributed by atoms with Crippen molar-refractivity contribution in [3.8, 4) is 0 Å². The Hall–Kier alpha value is -1.30. The van der Waals surface area contributed by atoms with Gasteiger partial charge in [-0.2, -0.15) is 0 Å². The zero-order chi connectivity index (χ0) is 13.2. The summed E-state index contributed by atoms with van der Waals surface area (Å²) in [5.74, 6) is 0. The van der Waals surface area contributed by atoms with Crippen molar-refractivity contribution in [3.05, 3.63) is 0 Å². The molecule has 102 valence electrons. The van der Waals surface area contributed by atoms with Crippen LogP contribution in [0.2, 0.25) is 0 Å². The third kappa shape index (κ3) is 2.43. The number of ether oxygens (including phenoxy) is 2. The lowest BCUT2D eigenvalue weighted by atomic mass is 9.88. The second kappa shape index (κ2) is 5.14. The van der Waals surface area contributed by atoms with Crippen molar-refractivity contribution >= 4 is 11.8 Å². The molecule has 0 aliphatic carbocycles. The van der Waals surface area contributed by atoms with Crippen LogP contribution in [0.25, 0.3) is 0 Å². The minimum atomic E-state index is -0.260. The molecular weight excluding hydrogens is 236 g/mol. The molecule has 0 aromatic carbocycles. The van der Waals surface area contributed by atoms with Crippen molar-refractivity contribution in [1.82, 2.24) is 4.90 Å². The molecule has 0 aromatic heterocycles. The molecule has 1 unspecified atom stereocenters. The highest BCUT2D eigenvalue weighted by atomic mass is 16.6. The van der Waals surface area contributed by atoms with E-state index in [1.165, 1.54) is 0 Å². The van der Waals surface area contributed by atoms with Crippen LogP contribution in [0.5, 0.6) is 0 Å². The Balaban J connectivity index is 1.93. The lowest BCUT2D eigenvalue weighted by Gasteiger charge is -2.37. The van der Waals surface area contributed by atoms with Crippen LogP contribution in [0.15, 0.2) is 5.16 Å². The monoisotopic (exact) mass is 256 g/mol. The number of amides is 1. The van der Waals surface area contributed by atoms with Crippen LogP contribution in [-0.2, 0) is 9.47 Å². The molecule has 1 amide bonds. The molecule has 6 heteroatoms. The van der Waals surface area contributed by atoms with Gasteiger partial charge in [0.05, 0.1) is 24.0 Å². The fraction of sp³-hybridized carbons (Fsp3) is 0.833. The van der Waals surface area contributed by atoms with Gasteiger partial charge in [0.2, 0.25) is 0 Å². The highest BCUT2D eigenvalue weighted by Crippen LogP contribution is 2.37. The Morgan fingerprint density at radius 3 is 2.78 bits per heavy atom. The molecule has 1 atom stereocenters. The highest BCUT2D eigenvalue weighted by Gasteiger charge is 2.45. The number of piperidine rings is 1. The first-order chi connectivity index (χ1) is 8.60. The summed E-state index contributed by atoms with van der Waals surface area (Å²) >= 11 is 0. The van der Waals surface area contributed by atoms with Gasteiger partial charge in [0, 0.05) is 19.5 Å². The first-order valence-corrected chi connectivity index (χ1v) is 6.40. The fourth-order valence-electron chi connectivity index (χ4n) is 2.68. The largest absolute Gasteiger partial charge is 0.450 e. The first kappa shape index (κ1) is 13.1. The lowest BCUT2D eigenvalue weighted by molar-refractivity contribution is -0.0666. The molecule has 0 saturated carbocycles. The standard InChI is InChI=1S/C12H20N2O4/c1-3-17-11(15)14-6-4-12(5-7-14)8-10(13-16)9(2)18-12/h9,16H,3-8H2,1-2H3/b13-10-. The van der Waals surface area contributed by atoms with Gasteiger partial charge in [-0.3, -0.25) is 0 Å². The van der Waals surface area contributed by atoms with Gasteiger partial charge in [-0.1, -0.05) is 5.16 Å². The number of carbonyl (C=O) groups excluding carboxylic acids is 1. The van der Waals surface area contributed by atoms with Gasteiger partial charge in [0.15, 0.2) is 0 Å². The predicted molar refractivity (Wildman–Crippen MR) is 64.9 cm³/mol. The smallest absolute Gasteiger partial charge is 0.409 e. The molecule has 2 saturated heterocycles. The van der Waals surface area contributed by atoms with E-state index < -0.39 is 0 Å². The Bertz CT molecular complexity index is 348. The summed E-state index contributed by atoms with van der Waals surface area (Å²) in [6, 6.07) is 0. The first-order valence-electron chi connectivity index (χ1n) is 6.40. The third-order valence-corrected chi connectivity index (χ3v) is 3.73. The molecule has 6 nitrogen and oxygen atoms in total. The van der Waals surface area contributed by atoms with Gasteiger partial charge in [0.1, 0.15) is 0 Å². The van der Waals surface area contributed by atoms with E-state index in [4.69, 9.17) is 14.7 Å². The van der Waals surface area contributed by atoms with Gasteiger partial charge in [-0.25, -0.2) is 4.79 Å². The summed E-state index contributed by atoms with van der Waals surface area (Å²) in [7, 11) is 0. The predicted octanol–water partition coefficient (Wildman–Crippen LogP) is 1.62. The van der Waals surface area contributed by atoms with Crippen LogP contribution in [0.4, 0.5) is 4.79 Å². The maximum atomic E-state index is 11.6. The minimum Gasteiger partial charge on any atom is -0.450 e. The number of oxime groups is 1. The van der Waals surface area contributed by atoms with Crippen molar-refractivity contribution in [2.24, 2.45) is 5.16 Å². The van der Waals surface area contributed by atoms with Crippen molar-refractivity contribution in [1.29, 1.82) is 0 Å². The molecule has 1 spiro atoms. The van der Waals surface area contributed by atoms with E-state index in [0.717, 1.165) is 12.8 Å². The fourth-order valence-corrected chi connectivity index (χ4v) is 2.68. The van der Waals surface area contributed by atoms with E-state index in [2.05, 4.69) is 5.16 Å². The molecule has 2 fully saturated rings. The molecular formula is C12H20N2O4. The van der Waals surface area contributed by atoms with Crippen LogP contribution in [-0.4, -0.2) is 53.3 Å². The molecule has 2 aliphatic rings. The van der Waals surface area contributed by atoms with E-state index in [-0.39, 0.29) is 17.8 Å². The van der Waals surface area contributed by atoms with Gasteiger partial charge in [-0.05, 0) is 26.7 Å². The summed E-state index contributed by atoms with van der Waals surface area (Å²) < 4.78 is 10.9. The van der Waals surface area contributed by atoms with Gasteiger partial charge < -0.3 is 19.6 Å². The zero-order valence-electron chi connectivity index (χ0n) is 10.9. The summed E-state index contributed by atoms with van der Waals surface area (Å²) in [5.41, 5.74) is 0.434. The van der Waals surface area contributed by atoms with Crippen LogP contribution in [0.1, 0.15) is 33.1 Å². The Morgan fingerprint density at radius 2 is 2.28 bits per heavy atom. The van der Waals surface area contributed by atoms with Crippen LogP contribution < -0.4 is 0 Å². The molecule has 0 radical (unpaired) electrons. The highest BCUT2D eigenvalue weighted by molar-refractivity contribution is 5.90. The second-order valence-electron chi connectivity index (χ2n) is 4.90. The van der Waals surface area contributed by atoms with E-state index in [0.29, 0.717) is 31.8 Å². The third-order valence-electron chi connectivity index (χ3n) is 3.73. The minimum absolute atomic E-state index is 0.135. The number of hydrogen-bond donors (Lipinski definition) is 1. The van der Waals surface area contributed by atoms with Gasteiger partial charge in [-0.15, -0.1) is 0 Å². The summed E-state index contributed by atoms with van der Waals surface area (Å²) in [6.07, 6.45) is 1.78. The summed E-state index contributed by atoms with van der Waals surface area (Å²) in [5, 5.41) is 12.2. The molecule has 1 N–H and O–H groups in total. The topological polar surface area (TPSA) is 71.4 Å². The molecule has 0 aromatic rings. The zero-order valence-corrected chi connectivity index (χ0v) is 10.9. The van der Waals surface area contributed by atoms with E-state index in [9.17, 15) is 4.79 Å². The maximum absolute atomic E-state index is 11.6. The molecule has 18 heavy (non-hydrogen) atoms. The lowest BCUT2D eigenvalue weighted by Crippen LogP contribution is -2.46. The number of rotatable bonds is 1. The number of carbonyl (C=O) groups is 1. The van der Waals surface area contributed by atoms with Crippen molar-refractivity contribution in [2.75, 3.05) is 19.7 Å².